The summed E-state index contributed by atoms with van der Waals surface area (Å²) in [7, 11) is 2.86. The topological polar surface area (TPSA) is 0 Å². The Morgan fingerprint density at radius 2 is 1.05 bits per heavy atom. The van der Waals surface area contributed by atoms with Gasteiger partial charge in [-0.25, -0.2) is 11.6 Å². The Labute approximate surface area is 151 Å². The molecule has 0 saturated heterocycles. The zero-order chi connectivity index (χ0) is 15.2. The summed E-state index contributed by atoms with van der Waals surface area (Å²) < 4.78 is 0. The smallest absolute Gasteiger partial charge is 0.327 e. The molecule has 2 radical (unpaired) electrons. The molecule has 0 N–H and O–H groups in total. The van der Waals surface area contributed by atoms with Crippen LogP contribution in [0.5, 0.6) is 0 Å². The SMILES string of the molecule is C[C@H]1[C@H]([B-][C@@H]2C[C@@H]3C[C@H]([C@H]2C)C3(C)C)C[C@@H]2C[C@H]1C2(C)C.[Li+]. The Morgan fingerprint density at radius 1 is 0.682 bits per heavy atom. The van der Waals surface area contributed by atoms with Gasteiger partial charge in [0.1, 0.15) is 0 Å². The first-order valence-electron chi connectivity index (χ1n) is 9.58. The first-order valence-corrected chi connectivity index (χ1v) is 9.58. The van der Waals surface area contributed by atoms with Crippen LogP contribution in [0.1, 0.15) is 67.2 Å². The van der Waals surface area contributed by atoms with Crippen molar-refractivity contribution in [1.29, 1.82) is 0 Å². The fourth-order valence-corrected chi connectivity index (χ4v) is 7.21. The van der Waals surface area contributed by atoms with Crippen LogP contribution < -0.4 is 18.9 Å². The molecule has 8 atom stereocenters. The van der Waals surface area contributed by atoms with Crippen LogP contribution in [0.15, 0.2) is 0 Å². The predicted octanol–water partition coefficient (Wildman–Crippen LogP) is 2.68. The summed E-state index contributed by atoms with van der Waals surface area (Å²) in [5.41, 5.74) is 1.29. The van der Waals surface area contributed by atoms with Crippen LogP contribution in [-0.4, -0.2) is 7.28 Å². The molecular weight excluding hydrogens is 258 g/mol. The van der Waals surface area contributed by atoms with Crippen molar-refractivity contribution in [2.75, 3.05) is 0 Å². The van der Waals surface area contributed by atoms with Crippen molar-refractivity contribution in [2.45, 2.75) is 78.9 Å². The molecule has 0 spiro atoms. The molecule has 6 rings (SSSR count). The van der Waals surface area contributed by atoms with Crippen molar-refractivity contribution in [1.82, 2.24) is 0 Å². The molecule has 0 aromatic rings. The molecule has 6 aliphatic rings. The predicted molar refractivity (Wildman–Crippen MR) is 91.6 cm³/mol. The van der Waals surface area contributed by atoms with Crippen molar-refractivity contribution in [3.05, 3.63) is 0 Å². The molecule has 0 aromatic heterocycles. The van der Waals surface area contributed by atoms with Crippen LogP contribution in [0.3, 0.4) is 0 Å². The van der Waals surface area contributed by atoms with Crippen LogP contribution in [-0.2, 0) is 0 Å². The molecule has 0 aliphatic heterocycles. The number of hydrogen-bond acceptors (Lipinski definition) is 0. The first-order chi connectivity index (χ1) is 9.73. The second kappa shape index (κ2) is 5.33. The first kappa shape index (κ1) is 17.5. The molecule has 0 heterocycles. The summed E-state index contributed by atoms with van der Waals surface area (Å²) in [5.74, 6) is 7.76. The van der Waals surface area contributed by atoms with Gasteiger partial charge in [-0.2, -0.15) is 0 Å². The monoisotopic (exact) mass is 292 g/mol. The minimum Gasteiger partial charge on any atom is -0.327 e. The summed E-state index contributed by atoms with van der Waals surface area (Å²) in [6.07, 6.45) is 6.03. The van der Waals surface area contributed by atoms with Gasteiger partial charge in [0.25, 0.3) is 0 Å². The number of fused-ring (bicyclic) bond motifs is 4. The molecule has 118 valence electrons. The van der Waals surface area contributed by atoms with Crippen LogP contribution in [0.2, 0.25) is 11.6 Å². The Morgan fingerprint density at radius 3 is 1.32 bits per heavy atom. The van der Waals surface area contributed by atoms with Gasteiger partial charge in [-0.3, -0.25) is 0 Å². The van der Waals surface area contributed by atoms with E-state index in [1.165, 1.54) is 25.7 Å². The van der Waals surface area contributed by atoms with E-state index in [1.54, 1.807) is 0 Å². The summed E-state index contributed by atoms with van der Waals surface area (Å²) in [5, 5.41) is 0. The van der Waals surface area contributed by atoms with Gasteiger partial charge in [0.2, 0.25) is 0 Å². The molecule has 6 aliphatic carbocycles. The average Bonchev–Trinajstić information content (AvgIpc) is 2.41. The van der Waals surface area contributed by atoms with E-state index in [2.05, 4.69) is 48.8 Å². The normalized spacial score (nSPS) is 53.7. The quantitative estimate of drug-likeness (QED) is 0.687. The van der Waals surface area contributed by atoms with Gasteiger partial charge < -0.3 is 7.28 Å². The standard InChI is InChI=1S/C20H34B.Li/c1-11-15-7-13(19(15,3)4)9-17(11)21-18-10-14-8-16(12(18)2)20(14,5)6;/h11-18H,7-10H2,1-6H3;/q-1;+1/t11-,12-,13+,14+,15-,16-,17-,18-;/m1./s1. The van der Waals surface area contributed by atoms with Crippen LogP contribution in [0.4, 0.5) is 0 Å². The molecule has 0 amide bonds. The summed E-state index contributed by atoms with van der Waals surface area (Å²) in [6.45, 7) is 15.2. The third-order valence-corrected chi connectivity index (χ3v) is 9.32. The van der Waals surface area contributed by atoms with Crippen LogP contribution >= 0.6 is 0 Å². The molecule has 0 nitrogen and oxygen atoms in total. The van der Waals surface area contributed by atoms with E-state index < -0.39 is 0 Å². The van der Waals surface area contributed by atoms with Gasteiger partial charge in [0, 0.05) is 0 Å². The van der Waals surface area contributed by atoms with Gasteiger partial charge in [0.05, 0.1) is 0 Å². The zero-order valence-corrected chi connectivity index (χ0v) is 16.0. The van der Waals surface area contributed by atoms with E-state index in [4.69, 9.17) is 0 Å². The van der Waals surface area contributed by atoms with Crippen molar-refractivity contribution >= 4 is 7.28 Å². The van der Waals surface area contributed by atoms with Gasteiger partial charge in [-0.1, -0.05) is 66.2 Å². The van der Waals surface area contributed by atoms with E-state index in [1.807, 2.05) is 0 Å². The maximum atomic E-state index is 2.86. The van der Waals surface area contributed by atoms with Gasteiger partial charge in [-0.05, 0) is 47.3 Å². The number of hydrogen-bond donors (Lipinski definition) is 0. The average molecular weight is 292 g/mol. The summed E-state index contributed by atoms with van der Waals surface area (Å²) in [4.78, 5) is 0. The van der Waals surface area contributed by atoms with Crippen molar-refractivity contribution < 1.29 is 18.9 Å². The fraction of sp³-hybridized carbons (Fsp3) is 1.00. The molecular formula is C20H34BLi. The van der Waals surface area contributed by atoms with Crippen LogP contribution in [0, 0.1) is 46.3 Å². The Hall–Kier alpha value is 0.662. The van der Waals surface area contributed by atoms with Crippen molar-refractivity contribution in [3.8, 4) is 0 Å². The Balaban J connectivity index is 0.00000144. The molecule has 22 heavy (non-hydrogen) atoms. The maximum absolute atomic E-state index is 2.86. The van der Waals surface area contributed by atoms with Crippen molar-refractivity contribution in [2.24, 2.45) is 46.3 Å². The van der Waals surface area contributed by atoms with Gasteiger partial charge in [-0.15, -0.1) is 0 Å². The second-order valence-electron chi connectivity index (χ2n) is 10.4. The number of rotatable bonds is 2. The zero-order valence-electron chi connectivity index (χ0n) is 16.0. The van der Waals surface area contributed by atoms with E-state index in [0.717, 1.165) is 47.1 Å². The molecule has 6 saturated carbocycles. The summed E-state index contributed by atoms with van der Waals surface area (Å²) in [6, 6.07) is 0. The van der Waals surface area contributed by atoms with Gasteiger partial charge in [0.15, 0.2) is 0 Å². The van der Waals surface area contributed by atoms with E-state index in [-0.39, 0.29) is 18.9 Å². The largest absolute Gasteiger partial charge is 1.00 e. The Bertz CT molecular complexity index is 403. The van der Waals surface area contributed by atoms with Gasteiger partial charge >= 0.3 is 18.9 Å². The molecule has 0 unspecified atom stereocenters. The van der Waals surface area contributed by atoms with Crippen molar-refractivity contribution in [3.63, 3.8) is 0 Å². The third-order valence-electron chi connectivity index (χ3n) is 9.32. The molecule has 4 bridgehead atoms. The van der Waals surface area contributed by atoms with E-state index in [9.17, 15) is 0 Å². The van der Waals surface area contributed by atoms with E-state index >= 15 is 0 Å². The van der Waals surface area contributed by atoms with E-state index in [0.29, 0.717) is 10.8 Å². The van der Waals surface area contributed by atoms with Crippen LogP contribution in [0.25, 0.3) is 0 Å². The molecule has 0 aromatic carbocycles. The molecule has 6 fully saturated rings. The third kappa shape index (κ3) is 2.17. The minimum absolute atomic E-state index is 0. The minimum atomic E-state index is 0. The second-order valence-corrected chi connectivity index (χ2v) is 10.4. The summed E-state index contributed by atoms with van der Waals surface area (Å²) >= 11 is 0. The Kier molecular flexibility index (Phi) is 4.23. The fourth-order valence-electron chi connectivity index (χ4n) is 7.21. The molecule has 2 heteroatoms. The maximum Gasteiger partial charge on any atom is 1.00 e.